The van der Waals surface area contributed by atoms with E-state index in [9.17, 15) is 9.18 Å². The zero-order valence-electron chi connectivity index (χ0n) is 14.0. The first kappa shape index (κ1) is 20.7. The number of rotatable bonds is 4. The summed E-state index contributed by atoms with van der Waals surface area (Å²) in [6, 6.07) is 7.90. The number of thioether (sulfide) groups is 1. The molecule has 0 amide bonds. The molecule has 2 aromatic rings. The number of Topliss-reactive ketones (excluding diaryl/α,β-unsaturated/α-hetero) is 1. The highest BCUT2D eigenvalue weighted by molar-refractivity contribution is 8.13. The number of nitrogens with zero attached hydrogens (tertiary/aromatic N) is 2. The standard InChI is InChI=1S/C18H17ClFN3OS.ClH/c1-18(6-7-25-17(21)23-18)13-8-11(2-4-14(13)20)9-16(24)15-5-3-12(19)10-22-15;/h2-5,8,10H,6-7,9H2,1H3,(H2,21,23);1H. The van der Waals surface area contributed by atoms with Gasteiger partial charge in [0.1, 0.15) is 11.5 Å². The second kappa shape index (κ2) is 8.37. The Morgan fingerprint density at radius 3 is 2.81 bits per heavy atom. The molecule has 0 radical (unpaired) electrons. The largest absolute Gasteiger partial charge is 0.379 e. The van der Waals surface area contributed by atoms with Gasteiger partial charge in [0.2, 0.25) is 0 Å². The maximum atomic E-state index is 14.4. The molecule has 0 fully saturated rings. The van der Waals surface area contributed by atoms with Crippen molar-refractivity contribution in [3.8, 4) is 0 Å². The van der Waals surface area contributed by atoms with Crippen LogP contribution in [0.3, 0.4) is 0 Å². The van der Waals surface area contributed by atoms with Gasteiger partial charge >= 0.3 is 0 Å². The lowest BCUT2D eigenvalue weighted by Gasteiger charge is -2.30. The molecular formula is C18H18Cl2FN3OS. The van der Waals surface area contributed by atoms with Crippen LogP contribution in [0.1, 0.15) is 35.0 Å². The Balaban J connectivity index is 0.00000243. The van der Waals surface area contributed by atoms with Gasteiger partial charge in [-0.15, -0.1) is 12.4 Å². The van der Waals surface area contributed by atoms with E-state index in [4.69, 9.17) is 17.3 Å². The summed E-state index contributed by atoms with van der Waals surface area (Å²) in [6.45, 7) is 1.87. The van der Waals surface area contributed by atoms with Crippen LogP contribution in [-0.4, -0.2) is 21.7 Å². The summed E-state index contributed by atoms with van der Waals surface area (Å²) in [5.41, 5.74) is 6.62. The van der Waals surface area contributed by atoms with E-state index in [-0.39, 0.29) is 30.4 Å². The van der Waals surface area contributed by atoms with Gasteiger partial charge in [-0.2, -0.15) is 0 Å². The van der Waals surface area contributed by atoms with E-state index in [0.717, 1.165) is 5.75 Å². The number of nitrogens with two attached hydrogens (primary N) is 1. The zero-order valence-corrected chi connectivity index (χ0v) is 16.4. The summed E-state index contributed by atoms with van der Waals surface area (Å²) in [4.78, 5) is 20.8. The minimum absolute atomic E-state index is 0. The summed E-state index contributed by atoms with van der Waals surface area (Å²) in [5.74, 6) is 0.289. The van der Waals surface area contributed by atoms with Gasteiger partial charge < -0.3 is 5.73 Å². The van der Waals surface area contributed by atoms with E-state index in [1.807, 2.05) is 6.92 Å². The Morgan fingerprint density at radius 1 is 1.38 bits per heavy atom. The van der Waals surface area contributed by atoms with Crippen LogP contribution in [-0.2, 0) is 12.0 Å². The molecule has 8 heteroatoms. The lowest BCUT2D eigenvalue weighted by molar-refractivity contribution is 0.0988. The van der Waals surface area contributed by atoms with Gasteiger partial charge in [-0.3, -0.25) is 14.8 Å². The van der Waals surface area contributed by atoms with E-state index < -0.39 is 5.54 Å². The molecule has 138 valence electrons. The van der Waals surface area contributed by atoms with Crippen LogP contribution in [0.15, 0.2) is 41.5 Å². The van der Waals surface area contributed by atoms with Gasteiger partial charge in [0.15, 0.2) is 11.0 Å². The molecule has 0 saturated heterocycles. The predicted octanol–water partition coefficient (Wildman–Crippen LogP) is 4.39. The summed E-state index contributed by atoms with van der Waals surface area (Å²) >= 11 is 7.25. The molecule has 0 spiro atoms. The van der Waals surface area contributed by atoms with Crippen molar-refractivity contribution in [1.29, 1.82) is 0 Å². The number of aromatic nitrogens is 1. The fraction of sp³-hybridized carbons (Fsp3) is 0.278. The third kappa shape index (κ3) is 4.55. The van der Waals surface area contributed by atoms with Crippen molar-refractivity contribution < 1.29 is 9.18 Å². The smallest absolute Gasteiger partial charge is 0.185 e. The Hall–Kier alpha value is -1.63. The summed E-state index contributed by atoms with van der Waals surface area (Å²) < 4.78 is 14.4. The van der Waals surface area contributed by atoms with E-state index >= 15 is 0 Å². The number of carbonyl (C=O) groups excluding carboxylic acids is 1. The highest BCUT2D eigenvalue weighted by Crippen LogP contribution is 2.36. The number of pyridine rings is 1. The molecule has 4 nitrogen and oxygen atoms in total. The molecule has 1 aliphatic rings. The highest BCUT2D eigenvalue weighted by atomic mass is 35.5. The first-order valence-electron chi connectivity index (χ1n) is 7.79. The van der Waals surface area contributed by atoms with Gasteiger partial charge in [0, 0.05) is 23.9 Å². The number of amidine groups is 1. The molecule has 2 N–H and O–H groups in total. The fourth-order valence-electron chi connectivity index (χ4n) is 2.79. The number of hydrogen-bond acceptors (Lipinski definition) is 5. The normalized spacial score (nSPS) is 19.4. The highest BCUT2D eigenvalue weighted by Gasteiger charge is 2.32. The number of benzene rings is 1. The summed E-state index contributed by atoms with van der Waals surface area (Å²) in [6.07, 6.45) is 2.25. The van der Waals surface area contributed by atoms with Crippen molar-refractivity contribution in [2.75, 3.05) is 5.75 Å². The number of halogens is 3. The van der Waals surface area contributed by atoms with Crippen molar-refractivity contribution in [2.45, 2.75) is 25.3 Å². The van der Waals surface area contributed by atoms with E-state index in [0.29, 0.717) is 33.4 Å². The van der Waals surface area contributed by atoms with Crippen molar-refractivity contribution >= 4 is 46.7 Å². The van der Waals surface area contributed by atoms with Crippen molar-refractivity contribution in [3.05, 3.63) is 64.2 Å². The van der Waals surface area contributed by atoms with Gasteiger partial charge in [-0.1, -0.05) is 29.4 Å². The Bertz CT molecular complexity index is 845. The van der Waals surface area contributed by atoms with Crippen molar-refractivity contribution in [2.24, 2.45) is 10.7 Å². The van der Waals surface area contributed by atoms with Gasteiger partial charge in [0.25, 0.3) is 0 Å². The molecule has 2 heterocycles. The third-order valence-electron chi connectivity index (χ3n) is 4.18. The molecule has 26 heavy (non-hydrogen) atoms. The van der Waals surface area contributed by atoms with Crippen LogP contribution in [0.5, 0.6) is 0 Å². The van der Waals surface area contributed by atoms with Crippen LogP contribution in [0.2, 0.25) is 5.02 Å². The fourth-order valence-corrected chi connectivity index (χ4v) is 3.88. The summed E-state index contributed by atoms with van der Waals surface area (Å²) in [5, 5.41) is 0.930. The van der Waals surface area contributed by atoms with Crippen LogP contribution in [0, 0.1) is 5.82 Å². The monoisotopic (exact) mass is 413 g/mol. The maximum Gasteiger partial charge on any atom is 0.185 e. The molecule has 0 bridgehead atoms. The SMILES string of the molecule is CC1(c2cc(CC(=O)c3ccc(Cl)cn3)ccc2F)CCSC(N)=N1.Cl. The number of hydrogen-bond donors (Lipinski definition) is 1. The predicted molar refractivity (Wildman–Crippen MR) is 107 cm³/mol. The summed E-state index contributed by atoms with van der Waals surface area (Å²) in [7, 11) is 0. The average Bonchev–Trinajstić information content (AvgIpc) is 2.57. The molecule has 1 unspecified atom stereocenters. The van der Waals surface area contributed by atoms with Gasteiger partial charge in [-0.05, 0) is 43.2 Å². The number of ketones is 1. The minimum Gasteiger partial charge on any atom is -0.379 e. The molecule has 1 aromatic heterocycles. The minimum atomic E-state index is -0.711. The second-order valence-corrected chi connectivity index (χ2v) is 7.65. The first-order valence-corrected chi connectivity index (χ1v) is 9.15. The van der Waals surface area contributed by atoms with Crippen molar-refractivity contribution in [1.82, 2.24) is 4.98 Å². The quantitative estimate of drug-likeness (QED) is 0.754. The topological polar surface area (TPSA) is 68.3 Å². The van der Waals surface area contributed by atoms with Gasteiger partial charge in [0.05, 0.1) is 10.6 Å². The van der Waals surface area contributed by atoms with Crippen LogP contribution in [0.4, 0.5) is 4.39 Å². The van der Waals surface area contributed by atoms with E-state index in [1.165, 1.54) is 24.0 Å². The second-order valence-electron chi connectivity index (χ2n) is 6.10. The van der Waals surface area contributed by atoms with Crippen molar-refractivity contribution in [3.63, 3.8) is 0 Å². The first-order chi connectivity index (χ1) is 11.9. The molecule has 0 saturated carbocycles. The Kier molecular flexibility index (Phi) is 6.66. The maximum absolute atomic E-state index is 14.4. The molecule has 0 aliphatic carbocycles. The molecule has 3 rings (SSSR count). The molecule has 1 aliphatic heterocycles. The van der Waals surface area contributed by atoms with E-state index in [1.54, 1.807) is 24.3 Å². The molecule has 1 aromatic carbocycles. The molecule has 1 atom stereocenters. The lowest BCUT2D eigenvalue weighted by atomic mass is 9.87. The van der Waals surface area contributed by atoms with Crippen LogP contribution >= 0.6 is 35.8 Å². The third-order valence-corrected chi connectivity index (χ3v) is 5.20. The Morgan fingerprint density at radius 2 is 2.15 bits per heavy atom. The number of aliphatic imine (C=N–C) groups is 1. The van der Waals surface area contributed by atoms with Gasteiger partial charge in [-0.25, -0.2) is 4.39 Å². The van der Waals surface area contributed by atoms with Crippen LogP contribution < -0.4 is 5.73 Å². The average molecular weight is 414 g/mol. The lowest BCUT2D eigenvalue weighted by Crippen LogP contribution is -2.29. The Labute approximate surface area is 166 Å². The number of carbonyl (C=O) groups is 1. The zero-order chi connectivity index (χ0) is 18.0. The molecular weight excluding hydrogens is 396 g/mol. The van der Waals surface area contributed by atoms with E-state index in [2.05, 4.69) is 9.98 Å². The van der Waals surface area contributed by atoms with Crippen LogP contribution in [0.25, 0.3) is 0 Å².